The monoisotopic (exact) mass is 431 g/mol. The molecule has 0 bridgehead atoms. The van der Waals surface area contributed by atoms with Gasteiger partial charge in [-0.2, -0.15) is 0 Å². The van der Waals surface area contributed by atoms with Gasteiger partial charge in [-0.15, -0.1) is 0 Å². The minimum Gasteiger partial charge on any atom is -0.548 e. The summed E-state index contributed by atoms with van der Waals surface area (Å²) in [4.78, 5) is 18.0. The Balaban J connectivity index is -0.000000170. The summed E-state index contributed by atoms with van der Waals surface area (Å²) in [5.41, 5.74) is 5.47. The predicted octanol–water partition coefficient (Wildman–Crippen LogP) is -5.24. The first-order chi connectivity index (χ1) is 7.43. The fourth-order valence-electron chi connectivity index (χ4n) is 0.677. The molecule has 0 aromatic carbocycles. The van der Waals surface area contributed by atoms with Crippen LogP contribution in [0.25, 0.3) is 0 Å². The van der Waals surface area contributed by atoms with Gasteiger partial charge in [-0.1, -0.05) is 0 Å². The summed E-state index contributed by atoms with van der Waals surface area (Å²) in [7, 11) is 0. The Hall–Kier alpha value is -0.532. The molecule has 0 aliphatic carbocycles. The van der Waals surface area contributed by atoms with Crippen molar-refractivity contribution < 1.29 is 51.1 Å². The summed E-state index contributed by atoms with van der Waals surface area (Å²) in [6, 6.07) is 0.435. The van der Waals surface area contributed by atoms with E-state index >= 15 is 0 Å². The van der Waals surface area contributed by atoms with Crippen LogP contribution in [0.4, 0.5) is 0 Å². The second-order valence-corrected chi connectivity index (χ2v) is 2.81. The molecule has 1 rings (SSSR count). The van der Waals surface area contributed by atoms with Crippen molar-refractivity contribution in [1.29, 1.82) is 0 Å². The zero-order chi connectivity index (χ0) is 13.0. The number of aliphatic hydroxyl groups excluding tert-OH is 2. The van der Waals surface area contributed by atoms with E-state index in [-0.39, 0.29) is 21.1 Å². The van der Waals surface area contributed by atoms with E-state index in [4.69, 9.17) is 35.7 Å². The quantitative estimate of drug-likeness (QED) is 0.338. The number of carboxylic acids is 2. The van der Waals surface area contributed by atoms with Crippen LogP contribution in [0.15, 0.2) is 0 Å². The van der Waals surface area contributed by atoms with Gasteiger partial charge in [-0.25, -0.2) is 0 Å². The maximum absolute atomic E-state index is 9.01. The van der Waals surface area contributed by atoms with E-state index < -0.39 is 25.2 Å². The average molecular weight is 431 g/mol. The van der Waals surface area contributed by atoms with E-state index in [0.29, 0.717) is 6.04 Å². The Morgan fingerprint density at radius 2 is 1.59 bits per heavy atom. The number of aliphatic hydroxyl groups is 2. The Labute approximate surface area is 113 Å². The van der Waals surface area contributed by atoms with Gasteiger partial charge in [0.05, 0.1) is 25.2 Å². The number of aliphatic carboxylic acids is 2. The number of nitrogens with two attached hydrogens (primary N) is 1. The topological polar surface area (TPSA) is 159 Å². The first-order valence-corrected chi connectivity index (χ1v) is 4.51. The molecule has 0 saturated carbocycles. The molecule has 0 spiro atoms. The molecule has 1 atom stereocenters. The van der Waals surface area contributed by atoms with E-state index in [0.717, 1.165) is 19.5 Å². The SMILES string of the molecule is N[C@H]1CCNC1.O=C([O-])CO.O=C([O-])CO.[Pt+2]. The minimum absolute atomic E-state index is 0. The molecule has 0 aromatic rings. The summed E-state index contributed by atoms with van der Waals surface area (Å²) >= 11 is 0. The summed E-state index contributed by atoms with van der Waals surface area (Å²) < 4.78 is 0. The van der Waals surface area contributed by atoms with Gasteiger partial charge >= 0.3 is 21.1 Å². The van der Waals surface area contributed by atoms with Gasteiger partial charge in [0.15, 0.2) is 0 Å². The number of hydrogen-bond donors (Lipinski definition) is 4. The van der Waals surface area contributed by atoms with E-state index in [1.807, 2.05) is 0 Å². The molecule has 1 heterocycles. The second-order valence-electron chi connectivity index (χ2n) is 2.81. The molecular weight excluding hydrogens is 415 g/mol. The van der Waals surface area contributed by atoms with Crippen LogP contribution in [0, 0.1) is 0 Å². The number of carboxylic acid groups (broad SMARTS) is 2. The van der Waals surface area contributed by atoms with Crippen molar-refractivity contribution in [2.24, 2.45) is 5.73 Å². The van der Waals surface area contributed by atoms with Gasteiger partial charge in [0.2, 0.25) is 0 Å². The Morgan fingerprint density at radius 3 is 1.65 bits per heavy atom. The number of carbonyl (C=O) groups is 2. The molecule has 1 aliphatic rings. The fraction of sp³-hybridized carbons (Fsp3) is 0.750. The molecule has 1 aliphatic heterocycles. The molecule has 1 saturated heterocycles. The molecular formula is C8H16N2O6Pt. The van der Waals surface area contributed by atoms with Crippen molar-refractivity contribution in [3.8, 4) is 0 Å². The second kappa shape index (κ2) is 15.5. The first-order valence-electron chi connectivity index (χ1n) is 4.51. The molecule has 1 fully saturated rings. The summed E-state index contributed by atoms with van der Waals surface area (Å²) in [5, 5.41) is 36.1. The van der Waals surface area contributed by atoms with Crippen molar-refractivity contribution in [1.82, 2.24) is 5.32 Å². The molecule has 104 valence electrons. The zero-order valence-corrected chi connectivity index (χ0v) is 11.3. The molecule has 9 heteroatoms. The van der Waals surface area contributed by atoms with Crippen molar-refractivity contribution in [2.45, 2.75) is 12.5 Å². The van der Waals surface area contributed by atoms with Gasteiger partial charge < -0.3 is 41.1 Å². The van der Waals surface area contributed by atoms with Crippen LogP contribution in [0.3, 0.4) is 0 Å². The smallest absolute Gasteiger partial charge is 0.548 e. The standard InChI is InChI=1S/C4H10N2.2C2H4O3.Pt/c5-4-1-2-6-3-4;2*3-1-2(4)5;/h4,6H,1-3,5H2;2*3H,1H2,(H,4,5);/q;;;+2/p-2/t4-;;;/m0.../s1. The molecule has 17 heavy (non-hydrogen) atoms. The number of hydrogen-bond acceptors (Lipinski definition) is 8. The summed E-state index contributed by atoms with van der Waals surface area (Å²) in [6.07, 6.45) is 1.15. The Morgan fingerprint density at radius 1 is 1.24 bits per heavy atom. The van der Waals surface area contributed by atoms with Crippen LogP contribution in [0.5, 0.6) is 0 Å². The summed E-state index contributed by atoms with van der Waals surface area (Å²) in [5.74, 6) is -2.88. The average Bonchev–Trinajstić information content (AvgIpc) is 2.71. The van der Waals surface area contributed by atoms with Gasteiger partial charge in [-0.3, -0.25) is 0 Å². The maximum Gasteiger partial charge on any atom is 2.00 e. The summed E-state index contributed by atoms with van der Waals surface area (Å²) in [6.45, 7) is 0.348. The fourth-order valence-corrected chi connectivity index (χ4v) is 0.677. The van der Waals surface area contributed by atoms with Crippen molar-refractivity contribution >= 4 is 11.9 Å². The van der Waals surface area contributed by atoms with Crippen LogP contribution < -0.4 is 21.3 Å². The predicted molar refractivity (Wildman–Crippen MR) is 49.6 cm³/mol. The first kappa shape index (κ1) is 21.7. The van der Waals surface area contributed by atoms with Crippen LogP contribution in [0.2, 0.25) is 0 Å². The van der Waals surface area contributed by atoms with Crippen molar-refractivity contribution in [3.05, 3.63) is 0 Å². The molecule has 5 N–H and O–H groups in total. The third kappa shape index (κ3) is 25.6. The van der Waals surface area contributed by atoms with E-state index in [9.17, 15) is 0 Å². The van der Waals surface area contributed by atoms with Gasteiger partial charge in [0.1, 0.15) is 0 Å². The largest absolute Gasteiger partial charge is 2.00 e. The van der Waals surface area contributed by atoms with Crippen LogP contribution in [0.1, 0.15) is 6.42 Å². The molecule has 0 amide bonds. The van der Waals surface area contributed by atoms with E-state index in [2.05, 4.69) is 5.32 Å². The third-order valence-corrected chi connectivity index (χ3v) is 1.36. The minimum atomic E-state index is -1.44. The van der Waals surface area contributed by atoms with Gasteiger partial charge in [0.25, 0.3) is 0 Å². The van der Waals surface area contributed by atoms with E-state index in [1.165, 1.54) is 0 Å². The normalized spacial score (nSPS) is 16.5. The molecule has 8 nitrogen and oxygen atoms in total. The van der Waals surface area contributed by atoms with Gasteiger partial charge in [0, 0.05) is 12.6 Å². The van der Waals surface area contributed by atoms with Gasteiger partial charge in [-0.05, 0) is 13.0 Å². The van der Waals surface area contributed by atoms with E-state index in [1.54, 1.807) is 0 Å². The molecule has 0 radical (unpaired) electrons. The Bertz CT molecular complexity index is 184. The molecule has 0 aromatic heterocycles. The number of carbonyl (C=O) groups excluding carboxylic acids is 2. The van der Waals surface area contributed by atoms with Crippen molar-refractivity contribution in [2.75, 3.05) is 26.3 Å². The third-order valence-electron chi connectivity index (χ3n) is 1.36. The maximum atomic E-state index is 9.01. The van der Waals surface area contributed by atoms with Crippen molar-refractivity contribution in [3.63, 3.8) is 0 Å². The number of rotatable bonds is 2. The van der Waals surface area contributed by atoms with Crippen LogP contribution in [-0.4, -0.2) is 54.5 Å². The van der Waals surface area contributed by atoms with Crippen LogP contribution in [-0.2, 0) is 30.7 Å². The van der Waals surface area contributed by atoms with Crippen LogP contribution >= 0.6 is 0 Å². The Kier molecular flexibility index (Phi) is 19.8. The molecule has 0 unspecified atom stereocenters. The zero-order valence-electron chi connectivity index (χ0n) is 9.03. The number of nitrogens with one attached hydrogen (secondary N) is 1.